The van der Waals surface area contributed by atoms with Crippen molar-refractivity contribution in [1.82, 2.24) is 0 Å². The predicted molar refractivity (Wildman–Crippen MR) is 88.0 cm³/mol. The van der Waals surface area contributed by atoms with Crippen LogP contribution in [0.15, 0.2) is 47.6 Å². The summed E-state index contributed by atoms with van der Waals surface area (Å²) in [5, 5.41) is 16.6. The molecule has 0 saturated heterocycles. The maximum atomic E-state index is 13.4. The number of nitrogens with zero attached hydrogens (tertiary/aromatic N) is 2. The van der Waals surface area contributed by atoms with Crippen LogP contribution < -0.4 is 10.1 Å². The maximum absolute atomic E-state index is 13.4. The molecule has 0 fully saturated rings. The largest absolute Gasteiger partial charge is 0.494 e. The van der Waals surface area contributed by atoms with Crippen molar-refractivity contribution in [1.29, 1.82) is 0 Å². The first kappa shape index (κ1) is 17.9. The lowest BCUT2D eigenvalue weighted by Crippen LogP contribution is -2.13. The van der Waals surface area contributed by atoms with Crippen molar-refractivity contribution in [2.75, 3.05) is 12.4 Å². The standard InChI is InChI=1S/C16H14FN3O5/c1-24-15-8-12(20(22)23)6-7-14(15)19-16(21)9-18-25-10-11-4-2-3-5-13(11)17/h2-9H,10H2,1H3,(H,19,21)/b18-9-. The Hall–Kier alpha value is -3.49. The van der Waals surface area contributed by atoms with Gasteiger partial charge < -0.3 is 14.9 Å². The van der Waals surface area contributed by atoms with Gasteiger partial charge in [0.1, 0.15) is 24.4 Å². The lowest BCUT2D eigenvalue weighted by Gasteiger charge is -2.08. The van der Waals surface area contributed by atoms with Crippen LogP contribution in [0.25, 0.3) is 0 Å². The van der Waals surface area contributed by atoms with Crippen LogP contribution in [-0.2, 0) is 16.2 Å². The van der Waals surface area contributed by atoms with Crippen molar-refractivity contribution in [2.45, 2.75) is 6.61 Å². The van der Waals surface area contributed by atoms with E-state index in [2.05, 4.69) is 10.5 Å². The second-order valence-corrected chi connectivity index (χ2v) is 4.73. The van der Waals surface area contributed by atoms with Gasteiger partial charge in [0.2, 0.25) is 0 Å². The monoisotopic (exact) mass is 347 g/mol. The lowest BCUT2D eigenvalue weighted by molar-refractivity contribution is -0.384. The number of nitro benzene ring substituents is 1. The van der Waals surface area contributed by atoms with E-state index < -0.39 is 16.6 Å². The predicted octanol–water partition coefficient (Wildman–Crippen LogP) is 2.88. The van der Waals surface area contributed by atoms with Gasteiger partial charge in [-0.05, 0) is 12.1 Å². The van der Waals surface area contributed by atoms with Crippen LogP contribution in [0, 0.1) is 15.9 Å². The Morgan fingerprint density at radius 2 is 2.12 bits per heavy atom. The van der Waals surface area contributed by atoms with Crippen LogP contribution in [0.2, 0.25) is 0 Å². The molecule has 0 aromatic heterocycles. The van der Waals surface area contributed by atoms with Crippen LogP contribution in [0.3, 0.4) is 0 Å². The zero-order valence-electron chi connectivity index (χ0n) is 13.1. The van der Waals surface area contributed by atoms with Crippen molar-refractivity contribution in [3.05, 3.63) is 64.0 Å². The normalized spacial score (nSPS) is 10.5. The molecule has 0 unspecified atom stereocenters. The highest BCUT2D eigenvalue weighted by Gasteiger charge is 2.12. The van der Waals surface area contributed by atoms with Crippen molar-refractivity contribution in [2.24, 2.45) is 5.16 Å². The molecule has 1 N–H and O–H groups in total. The minimum Gasteiger partial charge on any atom is -0.494 e. The summed E-state index contributed by atoms with van der Waals surface area (Å²) in [6, 6.07) is 9.77. The van der Waals surface area contributed by atoms with Gasteiger partial charge in [-0.25, -0.2) is 4.39 Å². The number of anilines is 1. The number of non-ortho nitro benzene ring substituents is 1. The molecule has 0 atom stereocenters. The summed E-state index contributed by atoms with van der Waals surface area (Å²) in [4.78, 5) is 26.8. The highest BCUT2D eigenvalue weighted by molar-refractivity contribution is 6.31. The van der Waals surface area contributed by atoms with Gasteiger partial charge in [0.25, 0.3) is 11.6 Å². The van der Waals surface area contributed by atoms with Gasteiger partial charge in [0, 0.05) is 11.6 Å². The Morgan fingerprint density at radius 1 is 1.36 bits per heavy atom. The third-order valence-electron chi connectivity index (χ3n) is 3.08. The third-order valence-corrected chi connectivity index (χ3v) is 3.08. The van der Waals surface area contributed by atoms with Crippen molar-refractivity contribution < 1.29 is 23.7 Å². The number of hydrogen-bond acceptors (Lipinski definition) is 6. The number of ether oxygens (including phenoxy) is 1. The molecular formula is C16H14FN3O5. The molecule has 0 aliphatic rings. The summed E-state index contributed by atoms with van der Waals surface area (Å²) < 4.78 is 18.4. The molecule has 0 aliphatic carbocycles. The van der Waals surface area contributed by atoms with E-state index in [1.165, 1.54) is 37.4 Å². The molecule has 0 aliphatic heterocycles. The van der Waals surface area contributed by atoms with Gasteiger partial charge in [-0.3, -0.25) is 14.9 Å². The average molecular weight is 347 g/mol. The molecule has 25 heavy (non-hydrogen) atoms. The summed E-state index contributed by atoms with van der Waals surface area (Å²) in [6.45, 7) is -0.128. The molecule has 130 valence electrons. The molecule has 2 rings (SSSR count). The van der Waals surface area contributed by atoms with Crippen molar-refractivity contribution in [3.8, 4) is 5.75 Å². The Balaban J connectivity index is 1.93. The van der Waals surface area contributed by atoms with Crippen molar-refractivity contribution in [3.63, 3.8) is 0 Å². The zero-order chi connectivity index (χ0) is 18.2. The first-order chi connectivity index (χ1) is 12.0. The second-order valence-electron chi connectivity index (χ2n) is 4.73. The fraction of sp³-hybridized carbons (Fsp3) is 0.125. The van der Waals surface area contributed by atoms with E-state index in [-0.39, 0.29) is 23.7 Å². The number of halogens is 1. The Morgan fingerprint density at radius 3 is 2.80 bits per heavy atom. The molecule has 0 bridgehead atoms. The Labute approximate surface area is 142 Å². The summed E-state index contributed by atoms with van der Waals surface area (Å²) >= 11 is 0. The summed E-state index contributed by atoms with van der Waals surface area (Å²) in [7, 11) is 1.32. The van der Waals surface area contributed by atoms with Crippen LogP contribution in [-0.4, -0.2) is 24.2 Å². The number of nitrogens with one attached hydrogen (secondary N) is 1. The number of methoxy groups -OCH3 is 1. The van der Waals surface area contributed by atoms with Gasteiger partial charge in [-0.15, -0.1) is 0 Å². The number of amides is 1. The van der Waals surface area contributed by atoms with Crippen LogP contribution in [0.1, 0.15) is 5.56 Å². The number of benzene rings is 2. The number of carbonyl (C=O) groups excluding carboxylic acids is 1. The van der Waals surface area contributed by atoms with Gasteiger partial charge in [-0.2, -0.15) is 0 Å². The molecule has 2 aromatic carbocycles. The minimum atomic E-state index is -0.638. The first-order valence-corrected chi connectivity index (χ1v) is 7.03. The molecule has 0 heterocycles. The Bertz CT molecular complexity index is 810. The second kappa shape index (κ2) is 8.39. The SMILES string of the molecule is COc1cc([N+](=O)[O-])ccc1NC(=O)/C=N\OCc1ccccc1F. The lowest BCUT2D eigenvalue weighted by atomic mass is 10.2. The zero-order valence-corrected chi connectivity index (χ0v) is 13.1. The van der Waals surface area contributed by atoms with Gasteiger partial charge in [0.05, 0.1) is 23.8 Å². The molecule has 9 heteroatoms. The molecule has 2 aromatic rings. The molecular weight excluding hydrogens is 333 g/mol. The highest BCUT2D eigenvalue weighted by Crippen LogP contribution is 2.28. The fourth-order valence-corrected chi connectivity index (χ4v) is 1.87. The molecule has 0 saturated carbocycles. The number of nitro groups is 1. The summed E-state index contributed by atoms with van der Waals surface area (Å²) in [5.74, 6) is -0.943. The van der Waals surface area contributed by atoms with E-state index in [0.717, 1.165) is 6.21 Å². The number of carbonyl (C=O) groups is 1. The third kappa shape index (κ3) is 4.99. The molecule has 0 spiro atoms. The van der Waals surface area contributed by atoms with Gasteiger partial charge in [-0.1, -0.05) is 23.4 Å². The molecule has 1 amide bonds. The topological polar surface area (TPSA) is 103 Å². The quantitative estimate of drug-likeness (QED) is 0.471. The number of rotatable bonds is 7. The van der Waals surface area contributed by atoms with E-state index in [1.807, 2.05) is 0 Å². The van der Waals surface area contributed by atoms with E-state index >= 15 is 0 Å². The summed E-state index contributed by atoms with van der Waals surface area (Å²) in [5.41, 5.74) is 0.368. The minimum absolute atomic E-state index is 0.128. The Kier molecular flexibility index (Phi) is 5.99. The van der Waals surface area contributed by atoms with Gasteiger partial charge >= 0.3 is 0 Å². The van der Waals surface area contributed by atoms with E-state index in [9.17, 15) is 19.3 Å². The van der Waals surface area contributed by atoms with E-state index in [4.69, 9.17) is 9.57 Å². The van der Waals surface area contributed by atoms with Crippen LogP contribution in [0.5, 0.6) is 5.75 Å². The van der Waals surface area contributed by atoms with Crippen molar-refractivity contribution >= 4 is 23.5 Å². The molecule has 8 nitrogen and oxygen atoms in total. The van der Waals surface area contributed by atoms with Gasteiger partial charge in [0.15, 0.2) is 0 Å². The van der Waals surface area contributed by atoms with Crippen LogP contribution >= 0.6 is 0 Å². The maximum Gasteiger partial charge on any atom is 0.273 e. The first-order valence-electron chi connectivity index (χ1n) is 7.03. The smallest absolute Gasteiger partial charge is 0.273 e. The fourth-order valence-electron chi connectivity index (χ4n) is 1.87. The number of hydrogen-bond donors (Lipinski definition) is 1. The summed E-state index contributed by atoms with van der Waals surface area (Å²) in [6.07, 6.45) is 0.863. The van der Waals surface area contributed by atoms with Crippen LogP contribution in [0.4, 0.5) is 15.8 Å². The number of oxime groups is 1. The van der Waals surface area contributed by atoms with E-state index in [0.29, 0.717) is 5.56 Å². The molecule has 0 radical (unpaired) electrons. The average Bonchev–Trinajstić information content (AvgIpc) is 2.60. The van der Waals surface area contributed by atoms with E-state index in [1.54, 1.807) is 12.1 Å². The highest BCUT2D eigenvalue weighted by atomic mass is 19.1.